The Morgan fingerprint density at radius 2 is 1.87 bits per heavy atom. The summed E-state index contributed by atoms with van der Waals surface area (Å²) in [5.74, 6) is 2.01. The van der Waals surface area contributed by atoms with Crippen LogP contribution >= 0.6 is 11.3 Å². The molecular weight excluding hydrogens is 509 g/mol. The molecule has 0 amide bonds. The van der Waals surface area contributed by atoms with E-state index in [1.165, 1.54) is 31.7 Å². The lowest BCUT2D eigenvalue weighted by atomic mass is 10.0. The fourth-order valence-corrected chi connectivity index (χ4v) is 5.80. The lowest BCUT2D eigenvalue weighted by molar-refractivity contribution is 0.489. The Balaban J connectivity index is 0.00000151. The van der Waals surface area contributed by atoms with Crippen LogP contribution in [-0.2, 0) is 13.0 Å². The third-order valence-electron chi connectivity index (χ3n) is 6.98. The van der Waals surface area contributed by atoms with Crippen LogP contribution in [0, 0.1) is 23.9 Å². The van der Waals surface area contributed by atoms with Crippen LogP contribution < -0.4 is 11.1 Å². The summed E-state index contributed by atoms with van der Waals surface area (Å²) in [7, 11) is 0. The number of H-pyrrole nitrogens is 1. The molecule has 0 radical (unpaired) electrons. The fourth-order valence-electron chi connectivity index (χ4n) is 5.07. The molecule has 0 saturated heterocycles. The smallest absolute Gasteiger partial charge is 0.177 e. The Bertz CT molecular complexity index is 1580. The van der Waals surface area contributed by atoms with Crippen LogP contribution in [0.2, 0.25) is 0 Å². The molecule has 7 nitrogen and oxygen atoms in total. The maximum Gasteiger partial charge on any atom is 0.177 e. The molecule has 1 fully saturated rings. The van der Waals surface area contributed by atoms with E-state index < -0.39 is 0 Å². The number of thiophene rings is 1. The molecule has 5 aromatic rings. The first-order chi connectivity index (χ1) is 19.1. The van der Waals surface area contributed by atoms with Gasteiger partial charge in [-0.1, -0.05) is 12.8 Å². The minimum atomic E-state index is -0.247. The molecule has 0 unspecified atom stereocenters. The van der Waals surface area contributed by atoms with E-state index in [1.54, 1.807) is 18.5 Å². The van der Waals surface area contributed by atoms with Crippen LogP contribution in [-0.4, -0.2) is 31.5 Å². The highest BCUT2D eigenvalue weighted by molar-refractivity contribution is 7.13. The van der Waals surface area contributed by atoms with Crippen LogP contribution in [0.25, 0.3) is 32.7 Å². The number of nitrogens with two attached hydrogens (primary N) is 1. The van der Waals surface area contributed by atoms with Gasteiger partial charge in [-0.15, -0.1) is 24.2 Å². The first kappa shape index (κ1) is 26.5. The predicted octanol–water partition coefficient (Wildman–Crippen LogP) is 5.98. The Hall–Kier alpha value is -4.13. The molecule has 5 heterocycles. The first-order valence-corrected chi connectivity index (χ1v) is 13.8. The largest absolute Gasteiger partial charge is 0.383 e. The molecule has 0 atom stereocenters. The van der Waals surface area contributed by atoms with Crippen molar-refractivity contribution in [2.45, 2.75) is 38.6 Å². The van der Waals surface area contributed by atoms with Gasteiger partial charge in [0.05, 0.1) is 10.4 Å². The van der Waals surface area contributed by atoms with Crippen LogP contribution in [0.3, 0.4) is 0 Å². The number of pyridine rings is 3. The van der Waals surface area contributed by atoms with Gasteiger partial charge in [0.25, 0.3) is 0 Å². The Kier molecular flexibility index (Phi) is 8.25. The maximum atomic E-state index is 13.6. The summed E-state index contributed by atoms with van der Waals surface area (Å²) in [4.78, 5) is 22.3. The second-order valence-corrected chi connectivity index (χ2v) is 10.7. The standard InChI is InChI=1S/C28H28FN7S.C2H2/c29-24-6-5-23(37-24)27-26-22(7-8-33-27)35-25(36-26)11-19-10-21(16-34-28(19)30)20-9-18(14-32-15-20)13-31-12-17-3-1-2-4-17;1-2/h5-10,14-17,31H,1-4,11-13H2,(H2,30,34)(H,35,36);1-2H. The van der Waals surface area contributed by atoms with E-state index in [0.29, 0.717) is 23.4 Å². The van der Waals surface area contributed by atoms with E-state index in [1.807, 2.05) is 18.5 Å². The Morgan fingerprint density at radius 3 is 2.67 bits per heavy atom. The predicted molar refractivity (Wildman–Crippen MR) is 155 cm³/mol. The highest BCUT2D eigenvalue weighted by Crippen LogP contribution is 2.31. The van der Waals surface area contributed by atoms with E-state index in [9.17, 15) is 4.39 Å². The number of fused-ring (bicyclic) bond motifs is 1. The molecule has 0 bridgehead atoms. The quantitative estimate of drug-likeness (QED) is 0.209. The molecule has 0 aliphatic heterocycles. The molecule has 1 aliphatic carbocycles. The molecule has 1 saturated carbocycles. The van der Waals surface area contributed by atoms with Crippen LogP contribution in [0.5, 0.6) is 0 Å². The topological polar surface area (TPSA) is 105 Å². The van der Waals surface area contributed by atoms with E-state index >= 15 is 0 Å². The van der Waals surface area contributed by atoms with E-state index in [4.69, 9.17) is 10.7 Å². The van der Waals surface area contributed by atoms with Gasteiger partial charge < -0.3 is 16.0 Å². The Morgan fingerprint density at radius 1 is 1.05 bits per heavy atom. The van der Waals surface area contributed by atoms with Gasteiger partial charge in [0.2, 0.25) is 0 Å². The number of nitrogens with zero attached hydrogens (tertiary/aromatic N) is 4. The number of aromatic nitrogens is 5. The molecule has 0 aromatic carbocycles. The van der Waals surface area contributed by atoms with Gasteiger partial charge in [-0.3, -0.25) is 9.97 Å². The monoisotopic (exact) mass is 539 g/mol. The van der Waals surface area contributed by atoms with Gasteiger partial charge in [0.1, 0.15) is 22.9 Å². The van der Waals surface area contributed by atoms with Crippen LogP contribution in [0.15, 0.2) is 55.1 Å². The average molecular weight is 540 g/mol. The minimum Gasteiger partial charge on any atom is -0.383 e. The molecule has 9 heteroatoms. The lowest BCUT2D eigenvalue weighted by Crippen LogP contribution is -2.20. The van der Waals surface area contributed by atoms with Gasteiger partial charge in [-0.25, -0.2) is 9.97 Å². The molecule has 6 rings (SSSR count). The number of terminal acetylenes is 1. The fraction of sp³-hybridized carbons (Fsp3) is 0.267. The molecule has 4 N–H and O–H groups in total. The number of aromatic amines is 1. The number of nitrogen functional groups attached to an aromatic ring is 1. The van der Waals surface area contributed by atoms with Crippen molar-refractivity contribution in [1.82, 2.24) is 30.2 Å². The minimum absolute atomic E-state index is 0.247. The van der Waals surface area contributed by atoms with Crippen molar-refractivity contribution in [3.8, 4) is 34.5 Å². The van der Waals surface area contributed by atoms with E-state index in [-0.39, 0.29) is 5.13 Å². The summed E-state index contributed by atoms with van der Waals surface area (Å²) in [5, 5.41) is 3.35. The van der Waals surface area contributed by atoms with Crippen LogP contribution in [0.4, 0.5) is 10.2 Å². The first-order valence-electron chi connectivity index (χ1n) is 12.9. The summed E-state index contributed by atoms with van der Waals surface area (Å²) in [6, 6.07) is 9.26. The second kappa shape index (κ2) is 12.2. The van der Waals surface area contributed by atoms with Gasteiger partial charge in [-0.05, 0) is 61.2 Å². The molecule has 1 aliphatic rings. The zero-order valence-corrected chi connectivity index (χ0v) is 22.3. The number of halogens is 1. The molecular formula is C30H30FN7S. The van der Waals surface area contributed by atoms with Crippen molar-refractivity contribution in [3.63, 3.8) is 0 Å². The second-order valence-electron chi connectivity index (χ2n) is 9.65. The highest BCUT2D eigenvalue weighted by Gasteiger charge is 2.16. The van der Waals surface area contributed by atoms with Gasteiger partial charge in [0, 0.05) is 54.4 Å². The van der Waals surface area contributed by atoms with Crippen molar-refractivity contribution in [1.29, 1.82) is 0 Å². The summed E-state index contributed by atoms with van der Waals surface area (Å²) in [6.07, 6.45) is 21.1. The zero-order valence-electron chi connectivity index (χ0n) is 21.5. The number of hydrogen-bond acceptors (Lipinski definition) is 7. The molecule has 0 spiro atoms. The van der Waals surface area contributed by atoms with Crippen LogP contribution in [0.1, 0.15) is 42.6 Å². The molecule has 5 aromatic heterocycles. The van der Waals surface area contributed by atoms with Gasteiger partial charge in [-0.2, -0.15) is 4.39 Å². The van der Waals surface area contributed by atoms with Crippen molar-refractivity contribution in [3.05, 3.63) is 77.2 Å². The van der Waals surface area contributed by atoms with Crippen molar-refractivity contribution >= 4 is 28.2 Å². The summed E-state index contributed by atoms with van der Waals surface area (Å²) in [6.45, 7) is 1.87. The summed E-state index contributed by atoms with van der Waals surface area (Å²) in [5.41, 5.74) is 12.5. The van der Waals surface area contributed by atoms with Gasteiger partial charge >= 0.3 is 0 Å². The third-order valence-corrected chi connectivity index (χ3v) is 7.86. The molecule has 39 heavy (non-hydrogen) atoms. The number of nitrogens with one attached hydrogen (secondary N) is 2. The number of imidazole rings is 1. The number of rotatable bonds is 8. The highest BCUT2D eigenvalue weighted by atomic mass is 32.1. The summed E-state index contributed by atoms with van der Waals surface area (Å²) < 4.78 is 13.6. The normalized spacial score (nSPS) is 13.4. The van der Waals surface area contributed by atoms with E-state index in [0.717, 1.165) is 68.8 Å². The average Bonchev–Trinajstić information content (AvgIpc) is 3.72. The SMILES string of the molecule is C#C.Nc1ncc(-c2cncc(CNCC3CCCC3)c2)cc1Cc1nc2c(-c3ccc(F)s3)nccc2[nH]1. The summed E-state index contributed by atoms with van der Waals surface area (Å²) >= 11 is 1.06. The molecule has 198 valence electrons. The lowest BCUT2D eigenvalue weighted by Gasteiger charge is -2.11. The van der Waals surface area contributed by atoms with E-state index in [2.05, 4.69) is 50.2 Å². The number of hydrogen-bond donors (Lipinski definition) is 3. The number of anilines is 1. The van der Waals surface area contributed by atoms with Crippen molar-refractivity contribution < 1.29 is 4.39 Å². The van der Waals surface area contributed by atoms with Crippen molar-refractivity contribution in [2.75, 3.05) is 12.3 Å². The zero-order chi connectivity index (χ0) is 27.2. The van der Waals surface area contributed by atoms with Crippen molar-refractivity contribution in [2.24, 2.45) is 5.92 Å². The van der Waals surface area contributed by atoms with Gasteiger partial charge in [0.15, 0.2) is 5.13 Å². The Labute approximate surface area is 231 Å². The third kappa shape index (κ3) is 6.14. The maximum absolute atomic E-state index is 13.6.